The largest absolute Gasteiger partial charge is 0.288 e. The van der Waals surface area contributed by atoms with E-state index < -0.39 is 0 Å². The van der Waals surface area contributed by atoms with Gasteiger partial charge in [-0.1, -0.05) is 6.58 Å². The summed E-state index contributed by atoms with van der Waals surface area (Å²) in [6, 6.07) is 1.43. The van der Waals surface area contributed by atoms with Crippen LogP contribution >= 0.6 is 0 Å². The summed E-state index contributed by atoms with van der Waals surface area (Å²) >= 11 is 0. The summed E-state index contributed by atoms with van der Waals surface area (Å²) in [6.45, 7) is 3.46. The molecule has 0 bridgehead atoms. The molecule has 0 atom stereocenters. The molecule has 1 aromatic rings. The van der Waals surface area contributed by atoms with Crippen LogP contribution in [0.2, 0.25) is 0 Å². The summed E-state index contributed by atoms with van der Waals surface area (Å²) < 4.78 is 0. The zero-order chi connectivity index (χ0) is 6.69. The SMILES string of the molecule is C=Cc1cc(=O)cn[nH]1. The fraction of sp³-hybridized carbons (Fsp3) is 0. The van der Waals surface area contributed by atoms with Crippen molar-refractivity contribution in [3.63, 3.8) is 0 Å². The molecule has 0 unspecified atom stereocenters. The van der Waals surface area contributed by atoms with Crippen LogP contribution in [0.4, 0.5) is 0 Å². The first-order chi connectivity index (χ1) is 4.33. The van der Waals surface area contributed by atoms with Gasteiger partial charge >= 0.3 is 0 Å². The average Bonchev–Trinajstić information content (AvgIpc) is 1.88. The van der Waals surface area contributed by atoms with Gasteiger partial charge in [-0.2, -0.15) is 5.10 Å². The van der Waals surface area contributed by atoms with E-state index in [2.05, 4.69) is 16.8 Å². The fourth-order valence-electron chi connectivity index (χ4n) is 0.498. The Bertz CT molecular complexity index is 264. The minimum Gasteiger partial charge on any atom is -0.288 e. The Morgan fingerprint density at radius 1 is 1.78 bits per heavy atom. The van der Waals surface area contributed by atoms with Crippen LogP contribution < -0.4 is 5.43 Å². The third-order valence-electron chi connectivity index (χ3n) is 0.903. The average molecular weight is 122 g/mol. The molecule has 3 heteroatoms. The third kappa shape index (κ3) is 1.25. The molecule has 0 aliphatic carbocycles. The van der Waals surface area contributed by atoms with Gasteiger partial charge < -0.3 is 0 Å². The number of rotatable bonds is 1. The predicted octanol–water partition coefficient (Wildman–Crippen LogP) is 0.413. The van der Waals surface area contributed by atoms with Crippen LogP contribution in [0.1, 0.15) is 5.69 Å². The molecule has 0 amide bonds. The van der Waals surface area contributed by atoms with Gasteiger partial charge in [0.2, 0.25) is 5.43 Å². The highest BCUT2D eigenvalue weighted by molar-refractivity contribution is 5.39. The maximum Gasteiger partial charge on any atom is 0.200 e. The molecule has 9 heavy (non-hydrogen) atoms. The Morgan fingerprint density at radius 3 is 3.00 bits per heavy atom. The Balaban J connectivity index is 3.23. The quantitative estimate of drug-likeness (QED) is 0.586. The van der Waals surface area contributed by atoms with Gasteiger partial charge in [-0.15, -0.1) is 0 Å². The molecule has 0 saturated carbocycles. The second-order valence-corrected chi connectivity index (χ2v) is 1.58. The first kappa shape index (κ1) is 5.75. The zero-order valence-electron chi connectivity index (χ0n) is 4.79. The fourth-order valence-corrected chi connectivity index (χ4v) is 0.498. The van der Waals surface area contributed by atoms with Crippen molar-refractivity contribution in [2.24, 2.45) is 0 Å². The van der Waals surface area contributed by atoms with E-state index in [-0.39, 0.29) is 5.43 Å². The highest BCUT2D eigenvalue weighted by Crippen LogP contribution is 1.85. The standard InChI is InChI=1S/C6H6N2O/c1-2-5-3-6(9)4-7-8-5/h2-4H,1H2,(H,8,9). The summed E-state index contributed by atoms with van der Waals surface area (Å²) in [5, 5.41) is 6.14. The Kier molecular flexibility index (Phi) is 1.44. The van der Waals surface area contributed by atoms with E-state index in [4.69, 9.17) is 0 Å². The molecule has 1 aromatic heterocycles. The zero-order valence-corrected chi connectivity index (χ0v) is 4.79. The highest BCUT2D eigenvalue weighted by Gasteiger charge is 1.84. The lowest BCUT2D eigenvalue weighted by atomic mass is 10.4. The minimum atomic E-state index is -0.108. The number of nitrogens with zero attached hydrogens (tertiary/aromatic N) is 1. The lowest BCUT2D eigenvalue weighted by Crippen LogP contribution is -2.00. The van der Waals surface area contributed by atoms with Crippen LogP contribution in [0.5, 0.6) is 0 Å². The molecular weight excluding hydrogens is 116 g/mol. The van der Waals surface area contributed by atoms with Gasteiger partial charge in [-0.25, -0.2) is 0 Å². The molecule has 1 heterocycles. The monoisotopic (exact) mass is 122 g/mol. The minimum absolute atomic E-state index is 0.108. The molecule has 0 aliphatic heterocycles. The van der Waals surface area contributed by atoms with Crippen molar-refractivity contribution in [3.05, 3.63) is 34.8 Å². The molecule has 0 saturated heterocycles. The molecule has 46 valence electrons. The van der Waals surface area contributed by atoms with E-state index in [0.29, 0.717) is 5.69 Å². The highest BCUT2D eigenvalue weighted by atomic mass is 16.1. The van der Waals surface area contributed by atoms with Crippen molar-refractivity contribution < 1.29 is 0 Å². The Morgan fingerprint density at radius 2 is 2.56 bits per heavy atom. The summed E-state index contributed by atoms with van der Waals surface area (Å²) in [4.78, 5) is 10.5. The van der Waals surface area contributed by atoms with Crippen LogP contribution in [-0.4, -0.2) is 10.2 Å². The van der Waals surface area contributed by atoms with Crippen LogP contribution in [0.25, 0.3) is 6.08 Å². The van der Waals surface area contributed by atoms with Crippen molar-refractivity contribution in [3.8, 4) is 0 Å². The van der Waals surface area contributed by atoms with Gasteiger partial charge in [0, 0.05) is 6.07 Å². The third-order valence-corrected chi connectivity index (χ3v) is 0.903. The van der Waals surface area contributed by atoms with Crippen LogP contribution in [0.3, 0.4) is 0 Å². The van der Waals surface area contributed by atoms with E-state index >= 15 is 0 Å². The van der Waals surface area contributed by atoms with Gasteiger partial charge in [-0.3, -0.25) is 9.89 Å². The second-order valence-electron chi connectivity index (χ2n) is 1.58. The molecule has 0 aromatic carbocycles. The molecule has 0 spiro atoms. The molecule has 1 rings (SSSR count). The smallest absolute Gasteiger partial charge is 0.200 e. The van der Waals surface area contributed by atoms with Crippen LogP contribution in [0.15, 0.2) is 23.6 Å². The topological polar surface area (TPSA) is 45.8 Å². The van der Waals surface area contributed by atoms with Gasteiger partial charge in [-0.05, 0) is 6.08 Å². The van der Waals surface area contributed by atoms with Gasteiger partial charge in [0.15, 0.2) is 0 Å². The Hall–Kier alpha value is -1.38. The lowest BCUT2D eigenvalue weighted by molar-refractivity contribution is 1.00. The number of aromatic amines is 1. The number of hydrogen-bond donors (Lipinski definition) is 1. The van der Waals surface area contributed by atoms with E-state index in [1.165, 1.54) is 18.3 Å². The van der Waals surface area contributed by atoms with Crippen molar-refractivity contribution in [2.45, 2.75) is 0 Å². The number of aromatic nitrogens is 2. The van der Waals surface area contributed by atoms with Crippen molar-refractivity contribution in [2.75, 3.05) is 0 Å². The van der Waals surface area contributed by atoms with E-state index in [9.17, 15) is 4.79 Å². The first-order valence-corrected chi connectivity index (χ1v) is 2.50. The van der Waals surface area contributed by atoms with Gasteiger partial charge in [0.05, 0.1) is 11.9 Å². The molecule has 0 aliphatic rings. The van der Waals surface area contributed by atoms with E-state index in [1.807, 2.05) is 0 Å². The summed E-state index contributed by atoms with van der Waals surface area (Å²) in [6.07, 6.45) is 2.75. The van der Waals surface area contributed by atoms with Crippen LogP contribution in [-0.2, 0) is 0 Å². The van der Waals surface area contributed by atoms with Gasteiger partial charge in [0.25, 0.3) is 0 Å². The maximum atomic E-state index is 10.5. The molecular formula is C6H6N2O. The molecule has 3 nitrogen and oxygen atoms in total. The van der Waals surface area contributed by atoms with Crippen molar-refractivity contribution >= 4 is 6.08 Å². The summed E-state index contributed by atoms with van der Waals surface area (Å²) in [7, 11) is 0. The van der Waals surface area contributed by atoms with Gasteiger partial charge in [0.1, 0.15) is 0 Å². The predicted molar refractivity (Wildman–Crippen MR) is 34.9 cm³/mol. The van der Waals surface area contributed by atoms with Crippen molar-refractivity contribution in [1.82, 2.24) is 10.2 Å². The number of nitrogens with one attached hydrogen (secondary N) is 1. The summed E-state index contributed by atoms with van der Waals surface area (Å²) in [5.74, 6) is 0. The maximum absolute atomic E-state index is 10.5. The second kappa shape index (κ2) is 2.26. The molecule has 0 fully saturated rings. The number of H-pyrrole nitrogens is 1. The molecule has 0 radical (unpaired) electrons. The normalized spacial score (nSPS) is 8.89. The summed E-state index contributed by atoms with van der Waals surface area (Å²) in [5.41, 5.74) is 0.533. The first-order valence-electron chi connectivity index (χ1n) is 2.50. The lowest BCUT2D eigenvalue weighted by Gasteiger charge is -1.86. The van der Waals surface area contributed by atoms with E-state index in [1.54, 1.807) is 0 Å². The number of hydrogen-bond acceptors (Lipinski definition) is 2. The van der Waals surface area contributed by atoms with Crippen molar-refractivity contribution in [1.29, 1.82) is 0 Å². The van der Waals surface area contributed by atoms with Crippen LogP contribution in [0, 0.1) is 0 Å². The molecule has 1 N–H and O–H groups in total. The van der Waals surface area contributed by atoms with E-state index in [0.717, 1.165) is 0 Å². The Labute approximate surface area is 52.0 Å².